The first kappa shape index (κ1) is 13.6. The molecule has 0 aliphatic carbocycles. The van der Waals surface area contributed by atoms with Crippen LogP contribution < -0.4 is 10.6 Å². The molecule has 1 aromatic rings. The van der Waals surface area contributed by atoms with Crippen molar-refractivity contribution in [2.24, 2.45) is 0 Å². The van der Waals surface area contributed by atoms with Gasteiger partial charge in [-0.25, -0.2) is 0 Å². The number of carbonyl (C=O) groups excluding carboxylic acids is 2. The van der Waals surface area contributed by atoms with Gasteiger partial charge in [-0.1, -0.05) is 37.3 Å². The Bertz CT molecular complexity index is 445. The van der Waals surface area contributed by atoms with Crippen molar-refractivity contribution in [2.45, 2.75) is 38.1 Å². The maximum absolute atomic E-state index is 11.9. The van der Waals surface area contributed by atoms with Crippen molar-refractivity contribution >= 4 is 11.8 Å². The Hall–Kier alpha value is -1.84. The highest BCUT2D eigenvalue weighted by Crippen LogP contribution is 2.18. The van der Waals surface area contributed by atoms with Crippen LogP contribution in [-0.4, -0.2) is 24.4 Å². The lowest BCUT2D eigenvalue weighted by atomic mass is 9.96. The van der Waals surface area contributed by atoms with Gasteiger partial charge in [-0.05, 0) is 18.4 Å². The molecule has 2 atom stereocenters. The van der Waals surface area contributed by atoms with Gasteiger partial charge in [0.15, 0.2) is 0 Å². The summed E-state index contributed by atoms with van der Waals surface area (Å²) in [5.41, 5.74) is 1.24. The van der Waals surface area contributed by atoms with Crippen LogP contribution in [0.15, 0.2) is 30.3 Å². The molecule has 1 aromatic carbocycles. The molecular weight excluding hydrogens is 240 g/mol. The van der Waals surface area contributed by atoms with Crippen molar-refractivity contribution in [3.63, 3.8) is 0 Å². The summed E-state index contributed by atoms with van der Waals surface area (Å²) >= 11 is 0. The first-order chi connectivity index (χ1) is 9.20. The van der Waals surface area contributed by atoms with Gasteiger partial charge in [-0.3, -0.25) is 9.59 Å². The highest BCUT2D eigenvalue weighted by Gasteiger charge is 2.27. The van der Waals surface area contributed by atoms with Crippen LogP contribution in [0.25, 0.3) is 0 Å². The van der Waals surface area contributed by atoms with E-state index in [1.807, 2.05) is 18.2 Å². The largest absolute Gasteiger partial charge is 0.354 e. The Morgan fingerprint density at radius 2 is 2.16 bits per heavy atom. The van der Waals surface area contributed by atoms with Gasteiger partial charge < -0.3 is 10.6 Å². The molecule has 1 fully saturated rings. The second-order valence-corrected chi connectivity index (χ2v) is 4.92. The molecule has 4 heteroatoms. The molecular formula is C15H20N2O2. The van der Waals surface area contributed by atoms with E-state index in [-0.39, 0.29) is 17.9 Å². The summed E-state index contributed by atoms with van der Waals surface area (Å²) < 4.78 is 0. The van der Waals surface area contributed by atoms with Crippen LogP contribution in [0.4, 0.5) is 0 Å². The Morgan fingerprint density at radius 3 is 2.74 bits per heavy atom. The SMILES string of the molecule is CC[C@@H](CNC(=O)[C@H]1CCC(=O)N1)c1ccccc1. The second kappa shape index (κ2) is 6.36. The van der Waals surface area contributed by atoms with Gasteiger partial charge in [-0.15, -0.1) is 0 Å². The molecule has 1 heterocycles. The zero-order valence-corrected chi connectivity index (χ0v) is 11.2. The summed E-state index contributed by atoms with van der Waals surface area (Å²) in [5.74, 6) is 0.220. The fraction of sp³-hybridized carbons (Fsp3) is 0.467. The molecule has 0 unspecified atom stereocenters. The lowest BCUT2D eigenvalue weighted by Gasteiger charge is -2.18. The van der Waals surface area contributed by atoms with Crippen molar-refractivity contribution in [1.82, 2.24) is 10.6 Å². The van der Waals surface area contributed by atoms with Crippen LogP contribution in [0.3, 0.4) is 0 Å². The van der Waals surface area contributed by atoms with Crippen molar-refractivity contribution in [3.05, 3.63) is 35.9 Å². The minimum absolute atomic E-state index is 0.0322. The molecule has 19 heavy (non-hydrogen) atoms. The first-order valence-corrected chi connectivity index (χ1v) is 6.82. The normalized spacial score (nSPS) is 19.8. The highest BCUT2D eigenvalue weighted by atomic mass is 16.2. The van der Waals surface area contributed by atoms with E-state index in [1.165, 1.54) is 5.56 Å². The molecule has 2 amide bonds. The Kier molecular flexibility index (Phi) is 4.55. The van der Waals surface area contributed by atoms with Crippen LogP contribution in [-0.2, 0) is 9.59 Å². The predicted octanol–water partition coefficient (Wildman–Crippen LogP) is 1.57. The predicted molar refractivity (Wildman–Crippen MR) is 73.6 cm³/mol. The van der Waals surface area contributed by atoms with E-state index in [0.717, 1.165) is 6.42 Å². The number of benzene rings is 1. The molecule has 0 bridgehead atoms. The molecule has 1 saturated heterocycles. The van der Waals surface area contributed by atoms with E-state index >= 15 is 0 Å². The molecule has 4 nitrogen and oxygen atoms in total. The van der Waals surface area contributed by atoms with Crippen molar-refractivity contribution in [1.29, 1.82) is 0 Å². The number of amides is 2. The topological polar surface area (TPSA) is 58.2 Å². The molecule has 0 radical (unpaired) electrons. The highest BCUT2D eigenvalue weighted by molar-refractivity contribution is 5.90. The third-order valence-electron chi connectivity index (χ3n) is 3.60. The van der Waals surface area contributed by atoms with Gasteiger partial charge in [0.25, 0.3) is 0 Å². The number of hydrogen-bond donors (Lipinski definition) is 2. The average molecular weight is 260 g/mol. The van der Waals surface area contributed by atoms with E-state index in [2.05, 4.69) is 29.7 Å². The molecule has 1 aliphatic rings. The van der Waals surface area contributed by atoms with Gasteiger partial charge in [0.1, 0.15) is 6.04 Å². The fourth-order valence-corrected chi connectivity index (χ4v) is 2.38. The van der Waals surface area contributed by atoms with Crippen LogP contribution in [0.1, 0.15) is 37.7 Å². The quantitative estimate of drug-likeness (QED) is 0.844. The Labute approximate surface area is 113 Å². The number of carbonyl (C=O) groups is 2. The third kappa shape index (κ3) is 3.56. The molecule has 0 aromatic heterocycles. The Balaban J connectivity index is 1.86. The molecule has 1 aliphatic heterocycles. The summed E-state index contributed by atoms with van der Waals surface area (Å²) in [5, 5.41) is 5.63. The van der Waals surface area contributed by atoms with Gasteiger partial charge in [0.2, 0.25) is 11.8 Å². The summed E-state index contributed by atoms with van der Waals surface area (Å²) in [6.07, 6.45) is 2.03. The Morgan fingerprint density at radius 1 is 1.42 bits per heavy atom. The van der Waals surface area contributed by atoms with Crippen LogP contribution in [0.5, 0.6) is 0 Å². The standard InChI is InChI=1S/C15H20N2O2/c1-2-11(12-6-4-3-5-7-12)10-16-15(19)13-8-9-14(18)17-13/h3-7,11,13H,2,8-10H2,1H3,(H,16,19)(H,17,18)/t11-,13+/m0/s1. The van der Waals surface area contributed by atoms with E-state index in [9.17, 15) is 9.59 Å². The summed E-state index contributed by atoms with van der Waals surface area (Å²) in [7, 11) is 0. The van der Waals surface area contributed by atoms with Crippen molar-refractivity contribution in [2.75, 3.05) is 6.54 Å². The number of nitrogens with one attached hydrogen (secondary N) is 2. The fourth-order valence-electron chi connectivity index (χ4n) is 2.38. The van der Waals surface area contributed by atoms with Crippen LogP contribution in [0.2, 0.25) is 0 Å². The minimum atomic E-state index is -0.347. The smallest absolute Gasteiger partial charge is 0.242 e. The zero-order valence-electron chi connectivity index (χ0n) is 11.2. The van der Waals surface area contributed by atoms with Crippen molar-refractivity contribution in [3.8, 4) is 0 Å². The van der Waals surface area contributed by atoms with E-state index in [4.69, 9.17) is 0 Å². The van der Waals surface area contributed by atoms with E-state index < -0.39 is 0 Å². The van der Waals surface area contributed by atoms with Crippen LogP contribution >= 0.6 is 0 Å². The van der Waals surface area contributed by atoms with E-state index in [1.54, 1.807) is 0 Å². The summed E-state index contributed by atoms with van der Waals surface area (Å²) in [6, 6.07) is 9.83. The lowest BCUT2D eigenvalue weighted by Crippen LogP contribution is -2.42. The first-order valence-electron chi connectivity index (χ1n) is 6.82. The minimum Gasteiger partial charge on any atom is -0.354 e. The number of hydrogen-bond acceptors (Lipinski definition) is 2. The van der Waals surface area contributed by atoms with Gasteiger partial charge in [-0.2, -0.15) is 0 Å². The lowest BCUT2D eigenvalue weighted by molar-refractivity contribution is -0.125. The van der Waals surface area contributed by atoms with Gasteiger partial charge in [0.05, 0.1) is 0 Å². The summed E-state index contributed by atoms with van der Waals surface area (Å²) in [4.78, 5) is 23.0. The van der Waals surface area contributed by atoms with E-state index in [0.29, 0.717) is 25.3 Å². The maximum Gasteiger partial charge on any atom is 0.242 e. The molecule has 0 spiro atoms. The summed E-state index contributed by atoms with van der Waals surface area (Å²) in [6.45, 7) is 2.73. The third-order valence-corrected chi connectivity index (χ3v) is 3.60. The van der Waals surface area contributed by atoms with Gasteiger partial charge >= 0.3 is 0 Å². The maximum atomic E-state index is 11.9. The molecule has 0 saturated carbocycles. The molecule has 2 N–H and O–H groups in total. The average Bonchev–Trinajstić information content (AvgIpc) is 2.87. The van der Waals surface area contributed by atoms with Crippen molar-refractivity contribution < 1.29 is 9.59 Å². The monoisotopic (exact) mass is 260 g/mol. The molecule has 102 valence electrons. The number of rotatable bonds is 5. The molecule has 2 rings (SSSR count). The van der Waals surface area contributed by atoms with Crippen LogP contribution in [0, 0.1) is 0 Å². The zero-order chi connectivity index (χ0) is 13.7. The second-order valence-electron chi connectivity index (χ2n) is 4.92. The van der Waals surface area contributed by atoms with Gasteiger partial charge in [0, 0.05) is 18.9 Å².